The summed E-state index contributed by atoms with van der Waals surface area (Å²) in [4.78, 5) is 2.57. The van der Waals surface area contributed by atoms with Gasteiger partial charge in [-0.25, -0.2) is 0 Å². The molecule has 0 saturated carbocycles. The number of piperidine rings is 1. The van der Waals surface area contributed by atoms with Crippen LogP contribution in [0.3, 0.4) is 0 Å². The molecule has 4 nitrogen and oxygen atoms in total. The summed E-state index contributed by atoms with van der Waals surface area (Å²) >= 11 is 0. The number of nitrogens with one attached hydrogen (secondary N) is 1. The molecule has 0 unspecified atom stereocenters. The first kappa shape index (κ1) is 12.6. The predicted octanol–water partition coefficient (Wildman–Crippen LogP) is 1.20. The van der Waals surface area contributed by atoms with E-state index < -0.39 is 0 Å². The van der Waals surface area contributed by atoms with E-state index in [0.717, 1.165) is 25.6 Å². The van der Waals surface area contributed by atoms with Gasteiger partial charge >= 0.3 is 0 Å². The Morgan fingerprint density at radius 3 is 2.76 bits per heavy atom. The molecule has 2 rings (SSSR count). The van der Waals surface area contributed by atoms with Crippen LogP contribution in [0.1, 0.15) is 19.3 Å². The third-order valence-electron chi connectivity index (χ3n) is 3.71. The fourth-order valence-corrected chi connectivity index (χ4v) is 2.52. The fraction of sp³-hybridized carbons (Fsp3) is 0.769. The van der Waals surface area contributed by atoms with Crippen molar-refractivity contribution in [2.24, 2.45) is 5.92 Å². The quantitative estimate of drug-likeness (QED) is 0.806. The smallest absolute Gasteiger partial charge is 0.0536 e. The van der Waals surface area contributed by atoms with E-state index in [2.05, 4.69) is 15.3 Å². The van der Waals surface area contributed by atoms with E-state index in [-0.39, 0.29) is 0 Å². The minimum absolute atomic E-state index is 0.934. The minimum atomic E-state index is 0.934. The van der Waals surface area contributed by atoms with Crippen molar-refractivity contribution in [2.75, 3.05) is 33.2 Å². The molecule has 0 spiro atoms. The first-order chi connectivity index (χ1) is 8.38. The zero-order valence-corrected chi connectivity index (χ0v) is 10.8. The number of nitrogens with zero attached hydrogens (tertiary/aromatic N) is 3. The second kappa shape index (κ2) is 6.77. The second-order valence-corrected chi connectivity index (χ2v) is 4.95. The normalized spacial score (nSPS) is 18.6. The molecule has 96 valence electrons. The molecule has 0 aliphatic carbocycles. The molecule has 0 atom stereocenters. The summed E-state index contributed by atoms with van der Waals surface area (Å²) in [6.07, 6.45) is 7.95. The standard InChI is InChI=1S/C13H24N4/c1-14-7-3-13-4-9-16(10-5-13)11-12-17-8-2-6-15-17/h2,6,8,13-14H,3-5,7,9-12H2,1H3. The third-order valence-corrected chi connectivity index (χ3v) is 3.71. The van der Waals surface area contributed by atoms with Gasteiger partial charge in [-0.2, -0.15) is 5.10 Å². The van der Waals surface area contributed by atoms with Gasteiger partial charge in [0, 0.05) is 18.9 Å². The highest BCUT2D eigenvalue weighted by atomic mass is 15.3. The highest BCUT2D eigenvalue weighted by molar-refractivity contribution is 4.78. The average Bonchev–Trinajstić information content (AvgIpc) is 2.88. The Morgan fingerprint density at radius 1 is 1.29 bits per heavy atom. The maximum absolute atomic E-state index is 4.24. The summed E-state index contributed by atoms with van der Waals surface area (Å²) in [5, 5.41) is 7.48. The third kappa shape index (κ3) is 4.13. The summed E-state index contributed by atoms with van der Waals surface area (Å²) in [6, 6.07) is 1.99. The van der Waals surface area contributed by atoms with E-state index in [1.807, 2.05) is 30.2 Å². The largest absolute Gasteiger partial charge is 0.320 e. The Bertz CT molecular complexity index is 288. The van der Waals surface area contributed by atoms with E-state index in [1.54, 1.807) is 0 Å². The maximum atomic E-state index is 4.24. The zero-order chi connectivity index (χ0) is 11.9. The SMILES string of the molecule is CNCCC1CCN(CCn2cccn2)CC1. The molecule has 2 heterocycles. The molecule has 0 bridgehead atoms. The average molecular weight is 236 g/mol. The number of likely N-dealkylation sites (tertiary alicyclic amines) is 1. The van der Waals surface area contributed by atoms with Crippen molar-refractivity contribution < 1.29 is 0 Å². The summed E-state index contributed by atoms with van der Waals surface area (Å²) in [5.41, 5.74) is 0. The van der Waals surface area contributed by atoms with Crippen LogP contribution < -0.4 is 5.32 Å². The van der Waals surface area contributed by atoms with Gasteiger partial charge in [0.15, 0.2) is 0 Å². The highest BCUT2D eigenvalue weighted by Gasteiger charge is 2.18. The van der Waals surface area contributed by atoms with Gasteiger partial charge in [-0.15, -0.1) is 0 Å². The molecule has 1 aliphatic heterocycles. The van der Waals surface area contributed by atoms with E-state index in [1.165, 1.54) is 32.4 Å². The highest BCUT2D eigenvalue weighted by Crippen LogP contribution is 2.19. The minimum Gasteiger partial charge on any atom is -0.320 e. The molecule has 0 radical (unpaired) electrons. The van der Waals surface area contributed by atoms with E-state index in [0.29, 0.717) is 0 Å². The molecule has 1 aromatic rings. The molecular formula is C13H24N4. The second-order valence-electron chi connectivity index (χ2n) is 4.95. The Morgan fingerprint density at radius 2 is 2.12 bits per heavy atom. The number of rotatable bonds is 6. The number of hydrogen-bond donors (Lipinski definition) is 1. The predicted molar refractivity (Wildman–Crippen MR) is 69.9 cm³/mol. The van der Waals surface area contributed by atoms with Crippen LogP contribution in [-0.4, -0.2) is 47.9 Å². The lowest BCUT2D eigenvalue weighted by molar-refractivity contribution is 0.172. The molecular weight excluding hydrogens is 212 g/mol. The van der Waals surface area contributed by atoms with Crippen molar-refractivity contribution in [1.29, 1.82) is 0 Å². The molecule has 1 fully saturated rings. The fourth-order valence-electron chi connectivity index (χ4n) is 2.52. The van der Waals surface area contributed by atoms with Gasteiger partial charge in [-0.3, -0.25) is 4.68 Å². The maximum Gasteiger partial charge on any atom is 0.0536 e. The van der Waals surface area contributed by atoms with Crippen LogP contribution >= 0.6 is 0 Å². The van der Waals surface area contributed by atoms with E-state index >= 15 is 0 Å². The first-order valence-electron chi connectivity index (χ1n) is 6.73. The van der Waals surface area contributed by atoms with Crippen molar-refractivity contribution in [3.63, 3.8) is 0 Å². The summed E-state index contributed by atoms with van der Waals surface area (Å²) in [5.74, 6) is 0.934. The Hall–Kier alpha value is -0.870. The lowest BCUT2D eigenvalue weighted by Gasteiger charge is -2.31. The van der Waals surface area contributed by atoms with Gasteiger partial charge in [-0.1, -0.05) is 0 Å². The lowest BCUT2D eigenvalue weighted by atomic mass is 9.93. The molecule has 1 N–H and O–H groups in total. The molecule has 1 aliphatic rings. The Balaban J connectivity index is 1.62. The van der Waals surface area contributed by atoms with Crippen LogP contribution in [0.4, 0.5) is 0 Å². The van der Waals surface area contributed by atoms with Crippen LogP contribution in [0.2, 0.25) is 0 Å². The Labute approximate surface area is 104 Å². The van der Waals surface area contributed by atoms with Crippen molar-refractivity contribution in [3.8, 4) is 0 Å². The van der Waals surface area contributed by atoms with E-state index in [9.17, 15) is 0 Å². The van der Waals surface area contributed by atoms with Crippen molar-refractivity contribution >= 4 is 0 Å². The zero-order valence-electron chi connectivity index (χ0n) is 10.8. The lowest BCUT2D eigenvalue weighted by Crippen LogP contribution is -2.36. The van der Waals surface area contributed by atoms with Crippen molar-refractivity contribution in [1.82, 2.24) is 20.0 Å². The summed E-state index contributed by atoms with van der Waals surface area (Å²) in [7, 11) is 2.04. The van der Waals surface area contributed by atoms with E-state index in [4.69, 9.17) is 0 Å². The van der Waals surface area contributed by atoms with Gasteiger partial charge in [0.25, 0.3) is 0 Å². The summed E-state index contributed by atoms with van der Waals surface area (Å²) < 4.78 is 2.02. The van der Waals surface area contributed by atoms with Gasteiger partial charge in [-0.05, 0) is 57.9 Å². The first-order valence-corrected chi connectivity index (χ1v) is 6.73. The van der Waals surface area contributed by atoms with Crippen LogP contribution in [0.5, 0.6) is 0 Å². The van der Waals surface area contributed by atoms with Crippen LogP contribution in [0.15, 0.2) is 18.5 Å². The Kier molecular flexibility index (Phi) is 5.01. The molecule has 1 saturated heterocycles. The topological polar surface area (TPSA) is 33.1 Å². The van der Waals surface area contributed by atoms with Gasteiger partial charge in [0.1, 0.15) is 0 Å². The molecule has 0 aromatic carbocycles. The molecule has 4 heteroatoms. The van der Waals surface area contributed by atoms with Crippen molar-refractivity contribution in [3.05, 3.63) is 18.5 Å². The molecule has 0 amide bonds. The molecule has 17 heavy (non-hydrogen) atoms. The summed E-state index contributed by atoms with van der Waals surface area (Å²) in [6.45, 7) is 5.85. The van der Waals surface area contributed by atoms with Gasteiger partial charge in [0.2, 0.25) is 0 Å². The van der Waals surface area contributed by atoms with Crippen LogP contribution in [0, 0.1) is 5.92 Å². The monoisotopic (exact) mass is 236 g/mol. The number of hydrogen-bond acceptors (Lipinski definition) is 3. The van der Waals surface area contributed by atoms with Crippen LogP contribution in [-0.2, 0) is 6.54 Å². The van der Waals surface area contributed by atoms with Gasteiger partial charge < -0.3 is 10.2 Å². The van der Waals surface area contributed by atoms with Crippen LogP contribution in [0.25, 0.3) is 0 Å². The van der Waals surface area contributed by atoms with Crippen molar-refractivity contribution in [2.45, 2.75) is 25.8 Å². The number of aromatic nitrogens is 2. The van der Waals surface area contributed by atoms with Gasteiger partial charge in [0.05, 0.1) is 6.54 Å². The molecule has 1 aromatic heterocycles.